The molecule has 1 aromatic heterocycles. The summed E-state index contributed by atoms with van der Waals surface area (Å²) in [4.78, 5) is 37.6. The minimum Gasteiger partial charge on any atom is -0.444 e. The van der Waals surface area contributed by atoms with Crippen LogP contribution in [0.5, 0.6) is 0 Å². The first-order chi connectivity index (χ1) is 14.0. The fourth-order valence-electron chi connectivity index (χ4n) is 4.04. The van der Waals surface area contributed by atoms with Gasteiger partial charge in [0.2, 0.25) is 5.91 Å². The van der Waals surface area contributed by atoms with Gasteiger partial charge >= 0.3 is 6.09 Å². The van der Waals surface area contributed by atoms with Crippen LogP contribution in [0.3, 0.4) is 0 Å². The maximum atomic E-state index is 12.3. The van der Waals surface area contributed by atoms with Gasteiger partial charge in [0, 0.05) is 31.0 Å². The monoisotopic (exact) mass is 423 g/mol. The van der Waals surface area contributed by atoms with Crippen LogP contribution in [0.4, 0.5) is 10.5 Å². The number of anilines is 1. The molecule has 2 saturated carbocycles. The largest absolute Gasteiger partial charge is 0.444 e. The summed E-state index contributed by atoms with van der Waals surface area (Å²) in [5.74, 6) is 0.411. The zero-order chi connectivity index (χ0) is 20.4. The van der Waals surface area contributed by atoms with Crippen molar-refractivity contribution in [1.29, 1.82) is 0 Å². The lowest BCUT2D eigenvalue weighted by atomic mass is 9.91. The third-order valence-corrected chi connectivity index (χ3v) is 6.25. The summed E-state index contributed by atoms with van der Waals surface area (Å²) in [6.07, 6.45) is 6.90. The van der Waals surface area contributed by atoms with Crippen LogP contribution < -0.4 is 21.1 Å². The maximum Gasteiger partial charge on any atom is 0.407 e. The number of rotatable bonds is 5. The highest BCUT2D eigenvalue weighted by molar-refractivity contribution is 6.33. The van der Waals surface area contributed by atoms with Gasteiger partial charge in [0.15, 0.2) is 0 Å². The second-order valence-electron chi connectivity index (χ2n) is 8.14. The van der Waals surface area contributed by atoms with Crippen molar-refractivity contribution >= 4 is 29.3 Å². The molecule has 3 N–H and O–H groups in total. The Morgan fingerprint density at radius 2 is 1.79 bits per heavy atom. The maximum absolute atomic E-state index is 12.3. The first-order valence-electron chi connectivity index (χ1n) is 10.2. The average molecular weight is 424 g/mol. The molecule has 158 valence electrons. The van der Waals surface area contributed by atoms with E-state index in [0.717, 1.165) is 38.5 Å². The predicted molar refractivity (Wildman–Crippen MR) is 107 cm³/mol. The fraction of sp³-hybridized carbons (Fsp3) is 0.684. The fourth-order valence-corrected chi connectivity index (χ4v) is 4.25. The molecule has 1 atom stereocenters. The molecule has 2 amide bonds. The zero-order valence-corrected chi connectivity index (χ0v) is 16.9. The van der Waals surface area contributed by atoms with Crippen LogP contribution in [-0.4, -0.2) is 53.5 Å². The predicted octanol–water partition coefficient (Wildman–Crippen LogP) is 1.57. The quantitative estimate of drug-likeness (QED) is 0.661. The lowest BCUT2D eigenvalue weighted by Crippen LogP contribution is -2.45. The van der Waals surface area contributed by atoms with Gasteiger partial charge in [-0.3, -0.25) is 9.59 Å². The molecular formula is C19H26ClN5O4. The van der Waals surface area contributed by atoms with Gasteiger partial charge in [-0.15, -0.1) is 0 Å². The van der Waals surface area contributed by atoms with Gasteiger partial charge in [0.1, 0.15) is 11.1 Å². The molecule has 0 aromatic carbocycles. The number of nitrogens with one attached hydrogen (secondary N) is 3. The van der Waals surface area contributed by atoms with Gasteiger partial charge in [-0.05, 0) is 38.5 Å². The van der Waals surface area contributed by atoms with E-state index in [9.17, 15) is 14.4 Å². The Morgan fingerprint density at radius 3 is 2.48 bits per heavy atom. The van der Waals surface area contributed by atoms with E-state index in [4.69, 9.17) is 16.3 Å². The number of hydrogen-bond acceptors (Lipinski definition) is 6. The molecule has 0 radical (unpaired) electrons. The molecule has 29 heavy (non-hydrogen) atoms. The Morgan fingerprint density at radius 1 is 1.10 bits per heavy atom. The molecule has 0 bridgehead atoms. The number of aromatic amines is 1. The summed E-state index contributed by atoms with van der Waals surface area (Å²) in [5, 5.41) is 12.2. The first kappa shape index (κ1) is 20.0. The van der Waals surface area contributed by atoms with Crippen LogP contribution >= 0.6 is 11.6 Å². The van der Waals surface area contributed by atoms with E-state index in [1.165, 1.54) is 6.20 Å². The van der Waals surface area contributed by atoms with Crippen molar-refractivity contribution in [3.8, 4) is 0 Å². The number of carbonyl (C=O) groups is 2. The molecule has 9 nitrogen and oxygen atoms in total. The second kappa shape index (κ2) is 8.61. The van der Waals surface area contributed by atoms with Crippen molar-refractivity contribution < 1.29 is 14.3 Å². The molecule has 3 aliphatic rings. The topological polar surface area (TPSA) is 116 Å². The smallest absolute Gasteiger partial charge is 0.407 e. The standard InChI is InChI=1S/C19H26ClN5O4/c20-16-15(9-21-24-18(16)27)25-8-7-14(10-25)29-19(28)23-13-5-3-12(4-6-13)22-17(26)11-1-2-11/h9,11-14H,1-8,10H2,(H,22,26)(H,23,28)(H,24,27)/t12?,13?,14-/m1/s1. The van der Waals surface area contributed by atoms with Crippen LogP contribution in [0.15, 0.2) is 11.0 Å². The lowest BCUT2D eigenvalue weighted by molar-refractivity contribution is -0.123. The lowest BCUT2D eigenvalue weighted by Gasteiger charge is -2.29. The van der Waals surface area contributed by atoms with Gasteiger partial charge in [-0.25, -0.2) is 9.89 Å². The van der Waals surface area contributed by atoms with Crippen LogP contribution in [0.25, 0.3) is 0 Å². The Labute approximate surface area is 173 Å². The van der Waals surface area contributed by atoms with Gasteiger partial charge in [0.25, 0.3) is 5.56 Å². The molecule has 2 aliphatic carbocycles. The highest BCUT2D eigenvalue weighted by Gasteiger charge is 2.33. The van der Waals surface area contributed by atoms with E-state index >= 15 is 0 Å². The third-order valence-electron chi connectivity index (χ3n) is 5.88. The van der Waals surface area contributed by atoms with Crippen molar-refractivity contribution in [3.63, 3.8) is 0 Å². The minimum atomic E-state index is -0.435. The van der Waals surface area contributed by atoms with E-state index in [1.807, 2.05) is 4.90 Å². The number of carbonyl (C=O) groups excluding carboxylic acids is 2. The summed E-state index contributed by atoms with van der Waals surface area (Å²) in [7, 11) is 0. The number of H-pyrrole nitrogens is 1. The van der Waals surface area contributed by atoms with Crippen molar-refractivity contribution in [3.05, 3.63) is 21.6 Å². The molecule has 10 heteroatoms. The van der Waals surface area contributed by atoms with Crippen LogP contribution in [0, 0.1) is 5.92 Å². The Kier molecular flexibility index (Phi) is 5.94. The summed E-state index contributed by atoms with van der Waals surface area (Å²) >= 11 is 6.05. The van der Waals surface area contributed by atoms with Crippen molar-refractivity contribution in [1.82, 2.24) is 20.8 Å². The number of hydrogen-bond donors (Lipinski definition) is 3. The van der Waals surface area contributed by atoms with Crippen molar-refractivity contribution in [2.75, 3.05) is 18.0 Å². The van der Waals surface area contributed by atoms with Crippen LogP contribution in [0.1, 0.15) is 44.9 Å². The van der Waals surface area contributed by atoms with E-state index in [-0.39, 0.29) is 35.0 Å². The van der Waals surface area contributed by atoms with E-state index in [0.29, 0.717) is 25.2 Å². The number of halogens is 1. The van der Waals surface area contributed by atoms with Crippen LogP contribution in [-0.2, 0) is 9.53 Å². The number of alkyl carbamates (subject to hydrolysis) is 1. The highest BCUT2D eigenvalue weighted by atomic mass is 35.5. The molecular weight excluding hydrogens is 398 g/mol. The van der Waals surface area contributed by atoms with Crippen molar-refractivity contribution in [2.45, 2.75) is 63.1 Å². The van der Waals surface area contributed by atoms with E-state index in [2.05, 4.69) is 20.8 Å². The Bertz CT molecular complexity index is 819. The zero-order valence-electron chi connectivity index (χ0n) is 16.2. The number of nitrogens with zero attached hydrogens (tertiary/aromatic N) is 2. The molecule has 3 fully saturated rings. The summed E-state index contributed by atoms with van der Waals surface area (Å²) in [6, 6.07) is 0.286. The van der Waals surface area contributed by atoms with Crippen LogP contribution in [0.2, 0.25) is 5.02 Å². The Balaban J connectivity index is 1.19. The molecule has 0 unspecified atom stereocenters. The highest BCUT2D eigenvalue weighted by Crippen LogP contribution is 2.30. The first-order valence-corrected chi connectivity index (χ1v) is 10.6. The number of aromatic nitrogens is 2. The summed E-state index contributed by atoms with van der Waals surface area (Å²) in [6.45, 7) is 1.10. The molecule has 1 aliphatic heterocycles. The normalized spacial score (nSPS) is 26.8. The summed E-state index contributed by atoms with van der Waals surface area (Å²) < 4.78 is 5.56. The summed E-state index contributed by atoms with van der Waals surface area (Å²) in [5.41, 5.74) is 0.115. The Hall–Kier alpha value is -2.29. The van der Waals surface area contributed by atoms with Gasteiger partial charge in [0.05, 0.1) is 18.4 Å². The SMILES string of the molecule is O=C(NC1CCC(NC(=O)C2CC2)CC1)O[C@@H]1CCN(c2cn[nH]c(=O)c2Cl)C1. The van der Waals surface area contributed by atoms with E-state index in [1.54, 1.807) is 0 Å². The second-order valence-corrected chi connectivity index (χ2v) is 8.51. The van der Waals surface area contributed by atoms with E-state index < -0.39 is 11.7 Å². The molecule has 0 spiro atoms. The number of ether oxygens (including phenoxy) is 1. The number of amides is 2. The molecule has 1 aromatic rings. The van der Waals surface area contributed by atoms with Gasteiger partial charge in [-0.1, -0.05) is 11.6 Å². The molecule has 2 heterocycles. The third kappa shape index (κ3) is 5.01. The van der Waals surface area contributed by atoms with Gasteiger partial charge < -0.3 is 20.3 Å². The minimum absolute atomic E-state index is 0.0698. The molecule has 1 saturated heterocycles. The molecule has 4 rings (SSSR count). The van der Waals surface area contributed by atoms with Gasteiger partial charge in [-0.2, -0.15) is 5.10 Å². The average Bonchev–Trinajstić information content (AvgIpc) is 3.46. The van der Waals surface area contributed by atoms with Crippen molar-refractivity contribution in [2.24, 2.45) is 5.92 Å².